The van der Waals surface area contributed by atoms with Crippen LogP contribution in [0.5, 0.6) is 0 Å². The number of carbonyl (C=O) groups excluding carboxylic acids is 1. The van der Waals surface area contributed by atoms with Crippen molar-refractivity contribution in [3.8, 4) is 0 Å². The van der Waals surface area contributed by atoms with Gasteiger partial charge >= 0.3 is 0 Å². The fraction of sp³-hybridized carbons (Fsp3) is 0.625. The normalized spacial score (nSPS) is 16.7. The molecule has 13 heavy (non-hydrogen) atoms. The van der Waals surface area contributed by atoms with Gasteiger partial charge in [0.2, 0.25) is 0 Å². The predicted octanol–water partition coefficient (Wildman–Crippen LogP) is 0.395. The number of aromatic nitrogens is 3. The lowest BCUT2D eigenvalue weighted by Crippen LogP contribution is -2.39. The highest BCUT2D eigenvalue weighted by atomic mass is 16.2. The van der Waals surface area contributed by atoms with E-state index < -0.39 is 0 Å². The van der Waals surface area contributed by atoms with Crippen LogP contribution in [0, 0.1) is 6.92 Å². The fourth-order valence-corrected chi connectivity index (χ4v) is 1.31. The van der Waals surface area contributed by atoms with Crippen LogP contribution in [0.4, 0.5) is 0 Å². The van der Waals surface area contributed by atoms with Crippen LogP contribution in [-0.4, -0.2) is 27.4 Å². The van der Waals surface area contributed by atoms with Gasteiger partial charge in [0.1, 0.15) is 0 Å². The van der Waals surface area contributed by atoms with Crippen LogP contribution in [0.2, 0.25) is 0 Å². The minimum absolute atomic E-state index is 0.115. The topological polar surface area (TPSA) is 70.7 Å². The molecule has 1 aromatic heterocycles. The summed E-state index contributed by atoms with van der Waals surface area (Å²) in [5.41, 5.74) is 1.06. The molecule has 1 aliphatic carbocycles. The predicted molar refractivity (Wildman–Crippen MR) is 46.2 cm³/mol. The molecule has 70 valence electrons. The number of carbonyl (C=O) groups is 1. The van der Waals surface area contributed by atoms with Crippen molar-refractivity contribution in [2.24, 2.45) is 0 Å². The Kier molecular flexibility index (Phi) is 2.00. The molecule has 2 rings (SSSR count). The van der Waals surface area contributed by atoms with Gasteiger partial charge < -0.3 is 5.32 Å². The maximum Gasteiger partial charge on any atom is 0.273 e. The minimum Gasteiger partial charge on any atom is -0.348 e. The molecule has 0 bridgehead atoms. The SMILES string of the molecule is Cc1n[nH]nc1C(=O)NC1CCC1. The van der Waals surface area contributed by atoms with E-state index in [0.29, 0.717) is 17.4 Å². The van der Waals surface area contributed by atoms with Crippen molar-refractivity contribution in [3.05, 3.63) is 11.4 Å². The molecule has 0 radical (unpaired) electrons. The maximum absolute atomic E-state index is 11.5. The van der Waals surface area contributed by atoms with Crippen molar-refractivity contribution in [3.63, 3.8) is 0 Å². The molecule has 0 aromatic carbocycles. The standard InChI is InChI=1S/C8H12N4O/c1-5-7(11-12-10-5)8(13)9-6-3-2-4-6/h6H,2-4H2,1H3,(H,9,13)(H,10,11,12). The van der Waals surface area contributed by atoms with Gasteiger partial charge in [-0.25, -0.2) is 0 Å². The van der Waals surface area contributed by atoms with Gasteiger partial charge in [-0.2, -0.15) is 15.4 Å². The van der Waals surface area contributed by atoms with E-state index in [0.717, 1.165) is 12.8 Å². The van der Waals surface area contributed by atoms with E-state index in [1.54, 1.807) is 6.92 Å². The maximum atomic E-state index is 11.5. The lowest BCUT2D eigenvalue weighted by atomic mass is 9.93. The molecule has 1 fully saturated rings. The van der Waals surface area contributed by atoms with Crippen LogP contribution >= 0.6 is 0 Å². The van der Waals surface area contributed by atoms with Crippen LogP contribution in [0.1, 0.15) is 35.4 Å². The summed E-state index contributed by atoms with van der Waals surface area (Å²) in [5, 5.41) is 12.9. The Balaban J connectivity index is 2.00. The van der Waals surface area contributed by atoms with Crippen molar-refractivity contribution in [1.82, 2.24) is 20.7 Å². The fourth-order valence-electron chi connectivity index (χ4n) is 1.31. The first-order valence-corrected chi connectivity index (χ1v) is 4.45. The monoisotopic (exact) mass is 180 g/mol. The summed E-state index contributed by atoms with van der Waals surface area (Å²) in [6, 6.07) is 0.351. The number of aromatic amines is 1. The number of rotatable bonds is 2. The van der Waals surface area contributed by atoms with Crippen LogP contribution in [0.3, 0.4) is 0 Å². The van der Waals surface area contributed by atoms with E-state index >= 15 is 0 Å². The first-order valence-electron chi connectivity index (χ1n) is 4.45. The molecule has 2 N–H and O–H groups in total. The zero-order valence-electron chi connectivity index (χ0n) is 7.50. The molecule has 5 nitrogen and oxygen atoms in total. The molecular formula is C8H12N4O. The molecule has 0 aliphatic heterocycles. The van der Waals surface area contributed by atoms with Gasteiger partial charge in [-0.15, -0.1) is 0 Å². The Morgan fingerprint density at radius 2 is 2.31 bits per heavy atom. The van der Waals surface area contributed by atoms with Gasteiger partial charge in [-0.05, 0) is 26.2 Å². The molecular weight excluding hydrogens is 168 g/mol. The van der Waals surface area contributed by atoms with E-state index in [1.807, 2.05) is 0 Å². The average molecular weight is 180 g/mol. The molecule has 1 aromatic rings. The smallest absolute Gasteiger partial charge is 0.273 e. The molecule has 1 aliphatic rings. The summed E-state index contributed by atoms with van der Waals surface area (Å²) in [4.78, 5) is 11.5. The van der Waals surface area contributed by atoms with Crippen LogP contribution in [0.25, 0.3) is 0 Å². The van der Waals surface area contributed by atoms with Gasteiger partial charge in [0.05, 0.1) is 5.69 Å². The lowest BCUT2D eigenvalue weighted by molar-refractivity contribution is 0.0911. The van der Waals surface area contributed by atoms with Crippen LogP contribution in [-0.2, 0) is 0 Å². The molecule has 5 heteroatoms. The summed E-state index contributed by atoms with van der Waals surface area (Å²) >= 11 is 0. The Morgan fingerprint density at radius 1 is 1.54 bits per heavy atom. The number of amides is 1. The first-order chi connectivity index (χ1) is 6.27. The second kappa shape index (κ2) is 3.16. The zero-order valence-corrected chi connectivity index (χ0v) is 7.50. The van der Waals surface area contributed by atoms with Crippen molar-refractivity contribution in [1.29, 1.82) is 0 Å². The number of nitrogens with zero attached hydrogens (tertiary/aromatic N) is 2. The number of hydrogen-bond donors (Lipinski definition) is 2. The summed E-state index contributed by atoms with van der Waals surface area (Å²) in [6.07, 6.45) is 3.38. The van der Waals surface area contributed by atoms with Crippen molar-refractivity contribution in [2.45, 2.75) is 32.2 Å². The quantitative estimate of drug-likeness (QED) is 0.691. The molecule has 1 heterocycles. The third kappa shape index (κ3) is 1.54. The Morgan fingerprint density at radius 3 is 2.77 bits per heavy atom. The average Bonchev–Trinajstić information content (AvgIpc) is 2.43. The van der Waals surface area contributed by atoms with Crippen molar-refractivity contribution < 1.29 is 4.79 Å². The molecule has 1 saturated carbocycles. The Hall–Kier alpha value is -1.39. The van der Waals surface area contributed by atoms with E-state index in [-0.39, 0.29) is 5.91 Å². The highest BCUT2D eigenvalue weighted by molar-refractivity contribution is 5.93. The van der Waals surface area contributed by atoms with E-state index in [1.165, 1.54) is 6.42 Å². The first kappa shape index (κ1) is 8.22. The molecule has 1 amide bonds. The second-order valence-corrected chi connectivity index (χ2v) is 3.36. The van der Waals surface area contributed by atoms with Crippen LogP contribution < -0.4 is 5.32 Å². The number of nitrogens with one attached hydrogen (secondary N) is 2. The van der Waals surface area contributed by atoms with Gasteiger partial charge in [0, 0.05) is 6.04 Å². The summed E-state index contributed by atoms with van der Waals surface area (Å²) in [7, 11) is 0. The highest BCUT2D eigenvalue weighted by Gasteiger charge is 2.22. The van der Waals surface area contributed by atoms with Crippen molar-refractivity contribution >= 4 is 5.91 Å². The third-order valence-corrected chi connectivity index (χ3v) is 2.38. The summed E-state index contributed by atoms with van der Waals surface area (Å²) in [5.74, 6) is -0.115. The zero-order chi connectivity index (χ0) is 9.26. The van der Waals surface area contributed by atoms with Crippen molar-refractivity contribution in [2.75, 3.05) is 0 Å². The Bertz CT molecular complexity index is 316. The Labute approximate surface area is 75.9 Å². The highest BCUT2D eigenvalue weighted by Crippen LogP contribution is 2.18. The summed E-state index contributed by atoms with van der Waals surface area (Å²) < 4.78 is 0. The lowest BCUT2D eigenvalue weighted by Gasteiger charge is -2.25. The number of hydrogen-bond acceptors (Lipinski definition) is 3. The molecule has 0 atom stereocenters. The van der Waals surface area contributed by atoms with Gasteiger partial charge in [-0.1, -0.05) is 0 Å². The third-order valence-electron chi connectivity index (χ3n) is 2.38. The number of H-pyrrole nitrogens is 1. The number of aryl methyl sites for hydroxylation is 1. The van der Waals surface area contributed by atoms with Gasteiger partial charge in [0.15, 0.2) is 5.69 Å². The van der Waals surface area contributed by atoms with E-state index in [9.17, 15) is 4.79 Å². The molecule has 0 saturated heterocycles. The van der Waals surface area contributed by atoms with E-state index in [2.05, 4.69) is 20.7 Å². The van der Waals surface area contributed by atoms with E-state index in [4.69, 9.17) is 0 Å². The second-order valence-electron chi connectivity index (χ2n) is 3.36. The summed E-state index contributed by atoms with van der Waals surface area (Å²) in [6.45, 7) is 1.76. The van der Waals surface area contributed by atoms with Gasteiger partial charge in [-0.3, -0.25) is 4.79 Å². The largest absolute Gasteiger partial charge is 0.348 e. The molecule has 0 spiro atoms. The van der Waals surface area contributed by atoms with Crippen LogP contribution in [0.15, 0.2) is 0 Å². The minimum atomic E-state index is -0.115. The molecule has 0 unspecified atom stereocenters. The van der Waals surface area contributed by atoms with Gasteiger partial charge in [0.25, 0.3) is 5.91 Å².